The van der Waals surface area contributed by atoms with Crippen LogP contribution in [-0.2, 0) is 4.74 Å². The zero-order valence-electron chi connectivity index (χ0n) is 11.6. The number of carbonyl (C=O) groups excluding carboxylic acids is 1. The van der Waals surface area contributed by atoms with Crippen LogP contribution in [0.15, 0.2) is 41.8 Å². The Balaban J connectivity index is 1.78. The Kier molecular flexibility index (Phi) is 4.34. The Morgan fingerprint density at radius 3 is 2.81 bits per heavy atom. The molecule has 0 saturated carbocycles. The fourth-order valence-electron chi connectivity index (χ4n) is 2.46. The predicted molar refractivity (Wildman–Crippen MR) is 82.5 cm³/mol. The van der Waals surface area contributed by atoms with Gasteiger partial charge in [-0.15, -0.1) is 11.3 Å². The van der Waals surface area contributed by atoms with Crippen LogP contribution in [0.4, 0.5) is 0 Å². The Bertz CT molecular complexity index is 594. The smallest absolute Gasteiger partial charge is 0.254 e. The number of morpholine rings is 1. The molecule has 110 valence electrons. The Morgan fingerprint density at radius 1 is 1.33 bits per heavy atom. The number of carbonyl (C=O) groups is 1. The summed E-state index contributed by atoms with van der Waals surface area (Å²) in [6.45, 7) is 1.38. The van der Waals surface area contributed by atoms with Gasteiger partial charge < -0.3 is 14.7 Å². The molecule has 1 saturated heterocycles. The highest BCUT2D eigenvalue weighted by Crippen LogP contribution is 2.25. The molecule has 0 aliphatic carbocycles. The summed E-state index contributed by atoms with van der Waals surface area (Å²) in [5.41, 5.74) is 1.76. The molecule has 1 aliphatic rings. The van der Waals surface area contributed by atoms with Crippen LogP contribution >= 0.6 is 11.3 Å². The molecule has 0 spiro atoms. The van der Waals surface area contributed by atoms with Gasteiger partial charge in [0.2, 0.25) is 0 Å². The van der Waals surface area contributed by atoms with Crippen molar-refractivity contribution in [1.29, 1.82) is 0 Å². The Morgan fingerprint density at radius 2 is 2.14 bits per heavy atom. The van der Waals surface area contributed by atoms with E-state index in [9.17, 15) is 9.90 Å². The fourth-order valence-corrected chi connectivity index (χ4v) is 3.19. The average Bonchev–Trinajstić information content (AvgIpc) is 3.09. The maximum atomic E-state index is 12.5. The monoisotopic (exact) mass is 303 g/mol. The van der Waals surface area contributed by atoms with Gasteiger partial charge in [-0.2, -0.15) is 0 Å². The van der Waals surface area contributed by atoms with E-state index >= 15 is 0 Å². The summed E-state index contributed by atoms with van der Waals surface area (Å²) < 4.78 is 5.30. The highest BCUT2D eigenvalue weighted by atomic mass is 32.1. The zero-order chi connectivity index (χ0) is 14.7. The highest BCUT2D eigenvalue weighted by molar-refractivity contribution is 7.13. The number of nitrogens with zero attached hydrogens (tertiary/aromatic N) is 1. The second-order valence-corrected chi connectivity index (χ2v) is 5.91. The van der Waals surface area contributed by atoms with Gasteiger partial charge in [-0.05, 0) is 29.1 Å². The van der Waals surface area contributed by atoms with Crippen molar-refractivity contribution in [2.45, 2.75) is 6.04 Å². The van der Waals surface area contributed by atoms with Gasteiger partial charge >= 0.3 is 0 Å². The number of aliphatic hydroxyl groups is 1. The Labute approximate surface area is 127 Å². The van der Waals surface area contributed by atoms with Crippen molar-refractivity contribution in [1.82, 2.24) is 4.90 Å². The molecule has 1 amide bonds. The molecular weight excluding hydrogens is 286 g/mol. The van der Waals surface area contributed by atoms with E-state index in [0.29, 0.717) is 25.3 Å². The van der Waals surface area contributed by atoms with E-state index in [4.69, 9.17) is 4.74 Å². The fraction of sp³-hybridized carbons (Fsp3) is 0.312. The third-order valence-electron chi connectivity index (χ3n) is 3.64. The van der Waals surface area contributed by atoms with Gasteiger partial charge in [-0.25, -0.2) is 0 Å². The number of amides is 1. The normalized spacial score (nSPS) is 18.7. The van der Waals surface area contributed by atoms with Crippen LogP contribution in [0.1, 0.15) is 10.4 Å². The number of hydrogen-bond acceptors (Lipinski definition) is 4. The number of thiophene rings is 1. The van der Waals surface area contributed by atoms with Crippen molar-refractivity contribution in [3.05, 3.63) is 47.3 Å². The lowest BCUT2D eigenvalue weighted by Gasteiger charge is -2.34. The molecule has 4 nitrogen and oxygen atoms in total. The topological polar surface area (TPSA) is 49.8 Å². The lowest BCUT2D eigenvalue weighted by molar-refractivity contribution is -0.0183. The third kappa shape index (κ3) is 3.00. The number of ether oxygens (including phenoxy) is 1. The average molecular weight is 303 g/mol. The molecule has 0 unspecified atom stereocenters. The SMILES string of the molecule is O=C(c1ccc(-c2cccs2)cc1)N1CCOC[C@@H]1CO. The molecule has 21 heavy (non-hydrogen) atoms. The van der Waals surface area contributed by atoms with E-state index in [1.165, 1.54) is 4.88 Å². The van der Waals surface area contributed by atoms with Crippen LogP contribution in [0.25, 0.3) is 10.4 Å². The highest BCUT2D eigenvalue weighted by Gasteiger charge is 2.27. The molecule has 0 bridgehead atoms. The molecule has 2 aromatic rings. The van der Waals surface area contributed by atoms with Crippen molar-refractivity contribution in [3.8, 4) is 10.4 Å². The van der Waals surface area contributed by atoms with Crippen molar-refractivity contribution in [2.24, 2.45) is 0 Å². The summed E-state index contributed by atoms with van der Waals surface area (Å²) in [5, 5.41) is 11.4. The van der Waals surface area contributed by atoms with E-state index < -0.39 is 0 Å². The van der Waals surface area contributed by atoms with Crippen LogP contribution in [0.2, 0.25) is 0 Å². The van der Waals surface area contributed by atoms with E-state index in [-0.39, 0.29) is 18.6 Å². The van der Waals surface area contributed by atoms with Crippen LogP contribution in [-0.4, -0.2) is 48.3 Å². The first kappa shape index (κ1) is 14.3. The number of rotatable bonds is 3. The zero-order valence-corrected chi connectivity index (χ0v) is 12.4. The summed E-state index contributed by atoms with van der Waals surface area (Å²) in [6.07, 6.45) is 0. The van der Waals surface area contributed by atoms with E-state index in [1.54, 1.807) is 16.2 Å². The Hall–Kier alpha value is -1.69. The molecule has 1 aromatic heterocycles. The first-order valence-corrected chi connectivity index (χ1v) is 7.81. The second kappa shape index (κ2) is 6.39. The van der Waals surface area contributed by atoms with Gasteiger partial charge in [0.1, 0.15) is 0 Å². The van der Waals surface area contributed by atoms with Crippen molar-refractivity contribution in [3.63, 3.8) is 0 Å². The molecule has 0 radical (unpaired) electrons. The molecule has 5 heteroatoms. The summed E-state index contributed by atoms with van der Waals surface area (Å²) in [7, 11) is 0. The second-order valence-electron chi connectivity index (χ2n) is 4.96. The van der Waals surface area contributed by atoms with E-state index in [2.05, 4.69) is 6.07 Å². The van der Waals surface area contributed by atoms with Crippen molar-refractivity contribution < 1.29 is 14.6 Å². The third-order valence-corrected chi connectivity index (χ3v) is 4.56. The van der Waals surface area contributed by atoms with Gasteiger partial charge in [0, 0.05) is 17.0 Å². The van der Waals surface area contributed by atoms with Gasteiger partial charge in [-0.1, -0.05) is 18.2 Å². The first-order chi connectivity index (χ1) is 10.3. The largest absolute Gasteiger partial charge is 0.394 e. The van der Waals surface area contributed by atoms with Gasteiger partial charge in [0.05, 0.1) is 25.9 Å². The molecule has 2 heterocycles. The summed E-state index contributed by atoms with van der Waals surface area (Å²) in [6, 6.07) is 11.5. The predicted octanol–water partition coefficient (Wildman–Crippen LogP) is 2.25. The maximum absolute atomic E-state index is 12.5. The molecular formula is C16H17NO3S. The molecule has 1 N–H and O–H groups in total. The lowest BCUT2D eigenvalue weighted by Crippen LogP contribution is -2.50. The van der Waals surface area contributed by atoms with Crippen LogP contribution in [0, 0.1) is 0 Å². The minimum absolute atomic E-state index is 0.0462. The molecule has 1 fully saturated rings. The molecule has 1 atom stereocenters. The number of aliphatic hydroxyl groups excluding tert-OH is 1. The van der Waals surface area contributed by atoms with Crippen molar-refractivity contribution in [2.75, 3.05) is 26.4 Å². The van der Waals surface area contributed by atoms with Crippen LogP contribution in [0.5, 0.6) is 0 Å². The van der Waals surface area contributed by atoms with Gasteiger partial charge in [0.15, 0.2) is 0 Å². The molecule has 3 rings (SSSR count). The standard InChI is InChI=1S/C16H17NO3S/c18-10-14-11-20-8-7-17(14)16(19)13-5-3-12(4-6-13)15-2-1-9-21-15/h1-6,9,14,18H,7-8,10-11H2/t14-/m0/s1. The van der Waals surface area contributed by atoms with Gasteiger partial charge in [0.25, 0.3) is 5.91 Å². The number of hydrogen-bond donors (Lipinski definition) is 1. The quantitative estimate of drug-likeness (QED) is 0.946. The number of benzene rings is 1. The summed E-state index contributed by atoms with van der Waals surface area (Å²) in [4.78, 5) is 15.4. The lowest BCUT2D eigenvalue weighted by atomic mass is 10.1. The van der Waals surface area contributed by atoms with Crippen LogP contribution < -0.4 is 0 Å². The van der Waals surface area contributed by atoms with Crippen molar-refractivity contribution >= 4 is 17.2 Å². The summed E-state index contributed by atoms with van der Waals surface area (Å²) in [5.74, 6) is -0.0462. The van der Waals surface area contributed by atoms with Crippen LogP contribution in [0.3, 0.4) is 0 Å². The van der Waals surface area contributed by atoms with Gasteiger partial charge in [-0.3, -0.25) is 4.79 Å². The summed E-state index contributed by atoms with van der Waals surface area (Å²) >= 11 is 1.68. The minimum atomic E-state index is -0.247. The maximum Gasteiger partial charge on any atom is 0.254 e. The molecule has 1 aromatic carbocycles. The molecule has 1 aliphatic heterocycles. The first-order valence-electron chi connectivity index (χ1n) is 6.93. The van der Waals surface area contributed by atoms with E-state index in [0.717, 1.165) is 5.56 Å². The minimum Gasteiger partial charge on any atom is -0.394 e. The van der Waals surface area contributed by atoms with E-state index in [1.807, 2.05) is 35.7 Å².